The minimum Gasteiger partial charge on any atom is -0.399 e. The molecule has 0 bridgehead atoms. The summed E-state index contributed by atoms with van der Waals surface area (Å²) in [7, 11) is 0. The molecule has 1 aliphatic rings. The van der Waals surface area contributed by atoms with Gasteiger partial charge in [0.1, 0.15) is 0 Å². The van der Waals surface area contributed by atoms with Crippen molar-refractivity contribution < 1.29 is 9.59 Å². The third-order valence-electron chi connectivity index (χ3n) is 2.65. The van der Waals surface area contributed by atoms with Crippen molar-refractivity contribution in [1.82, 2.24) is 4.90 Å². The summed E-state index contributed by atoms with van der Waals surface area (Å²) in [5.74, 6) is -0.673. The zero-order valence-corrected chi connectivity index (χ0v) is 8.77. The van der Waals surface area contributed by atoms with Gasteiger partial charge in [0.2, 0.25) is 5.91 Å². The second-order valence-electron chi connectivity index (χ2n) is 3.86. The zero-order chi connectivity index (χ0) is 11.7. The molecule has 84 valence electrons. The fourth-order valence-corrected chi connectivity index (χ4v) is 1.88. The van der Waals surface area contributed by atoms with E-state index < -0.39 is 5.91 Å². The number of fused-ring (bicyclic) bond motifs is 1. The van der Waals surface area contributed by atoms with Gasteiger partial charge < -0.3 is 16.4 Å². The van der Waals surface area contributed by atoms with Gasteiger partial charge in [0.25, 0.3) is 5.91 Å². The van der Waals surface area contributed by atoms with Gasteiger partial charge in [0.15, 0.2) is 0 Å². The Bertz CT molecular complexity index is 457. The van der Waals surface area contributed by atoms with Crippen LogP contribution >= 0.6 is 0 Å². The van der Waals surface area contributed by atoms with Gasteiger partial charge in [-0.3, -0.25) is 9.59 Å². The second-order valence-corrected chi connectivity index (χ2v) is 3.86. The lowest BCUT2D eigenvalue weighted by Gasteiger charge is -2.27. The molecule has 0 aliphatic carbocycles. The van der Waals surface area contributed by atoms with Crippen molar-refractivity contribution in [3.05, 3.63) is 29.3 Å². The molecule has 0 spiro atoms. The van der Waals surface area contributed by atoms with E-state index in [1.54, 1.807) is 12.1 Å². The van der Waals surface area contributed by atoms with Crippen LogP contribution in [-0.4, -0.2) is 29.8 Å². The fourth-order valence-electron chi connectivity index (χ4n) is 1.88. The van der Waals surface area contributed by atoms with Crippen LogP contribution in [0.15, 0.2) is 18.2 Å². The Labute approximate surface area is 93.0 Å². The van der Waals surface area contributed by atoms with E-state index in [1.807, 2.05) is 6.07 Å². The first-order chi connectivity index (χ1) is 7.58. The number of carbonyl (C=O) groups is 2. The fraction of sp³-hybridized carbons (Fsp3) is 0.273. The number of hydrogen-bond donors (Lipinski definition) is 2. The minimum absolute atomic E-state index is 0.0347. The second kappa shape index (κ2) is 3.84. The van der Waals surface area contributed by atoms with Crippen molar-refractivity contribution in [3.8, 4) is 0 Å². The van der Waals surface area contributed by atoms with E-state index in [2.05, 4.69) is 0 Å². The number of amides is 2. The Morgan fingerprint density at radius 1 is 1.44 bits per heavy atom. The van der Waals surface area contributed by atoms with Gasteiger partial charge in [0, 0.05) is 17.8 Å². The largest absolute Gasteiger partial charge is 0.399 e. The summed E-state index contributed by atoms with van der Waals surface area (Å²) in [4.78, 5) is 24.2. The first-order valence-electron chi connectivity index (χ1n) is 5.04. The summed E-state index contributed by atoms with van der Waals surface area (Å²) in [5, 5.41) is 0. The molecule has 0 radical (unpaired) electrons. The number of rotatable bonds is 2. The molecule has 0 saturated heterocycles. The number of nitrogens with two attached hydrogens (primary N) is 2. The van der Waals surface area contributed by atoms with Crippen LogP contribution in [0.25, 0.3) is 0 Å². The van der Waals surface area contributed by atoms with Gasteiger partial charge in [0.05, 0.1) is 6.54 Å². The highest BCUT2D eigenvalue weighted by atomic mass is 16.2. The van der Waals surface area contributed by atoms with Crippen molar-refractivity contribution in [3.63, 3.8) is 0 Å². The van der Waals surface area contributed by atoms with Crippen LogP contribution in [0.4, 0.5) is 5.69 Å². The normalized spacial score (nSPS) is 14.8. The molecule has 1 heterocycles. The van der Waals surface area contributed by atoms with Crippen LogP contribution in [0, 0.1) is 0 Å². The van der Waals surface area contributed by atoms with Gasteiger partial charge in [-0.05, 0) is 24.1 Å². The number of carbonyl (C=O) groups excluding carboxylic acids is 2. The average molecular weight is 219 g/mol. The molecule has 0 saturated carbocycles. The maximum atomic E-state index is 12.0. The Morgan fingerprint density at radius 3 is 2.88 bits per heavy atom. The quantitative estimate of drug-likeness (QED) is 0.672. The molecule has 0 unspecified atom stereocenters. The van der Waals surface area contributed by atoms with Crippen LogP contribution < -0.4 is 11.5 Å². The van der Waals surface area contributed by atoms with Crippen molar-refractivity contribution in [2.45, 2.75) is 6.42 Å². The molecule has 2 amide bonds. The highest BCUT2D eigenvalue weighted by Gasteiger charge is 2.25. The monoisotopic (exact) mass is 219 g/mol. The third-order valence-corrected chi connectivity index (χ3v) is 2.65. The topological polar surface area (TPSA) is 89.4 Å². The summed E-state index contributed by atoms with van der Waals surface area (Å²) in [6.07, 6.45) is 0.731. The predicted molar refractivity (Wildman–Crippen MR) is 59.7 cm³/mol. The number of nitrogens with zero attached hydrogens (tertiary/aromatic N) is 1. The molecule has 1 aromatic rings. The van der Waals surface area contributed by atoms with Crippen molar-refractivity contribution in [2.75, 3.05) is 18.8 Å². The minimum atomic E-state index is -0.499. The van der Waals surface area contributed by atoms with Crippen LogP contribution in [0.3, 0.4) is 0 Å². The Morgan fingerprint density at radius 2 is 2.19 bits per heavy atom. The molecule has 1 aromatic carbocycles. The molecule has 5 nitrogen and oxygen atoms in total. The highest BCUT2D eigenvalue weighted by Crippen LogP contribution is 2.20. The van der Waals surface area contributed by atoms with E-state index in [0.717, 1.165) is 12.0 Å². The predicted octanol–water partition coefficient (Wildman–Crippen LogP) is -0.248. The van der Waals surface area contributed by atoms with Crippen molar-refractivity contribution in [1.29, 1.82) is 0 Å². The van der Waals surface area contributed by atoms with E-state index in [0.29, 0.717) is 17.8 Å². The zero-order valence-electron chi connectivity index (χ0n) is 8.77. The van der Waals surface area contributed by atoms with Crippen molar-refractivity contribution in [2.24, 2.45) is 5.73 Å². The molecule has 4 N–H and O–H groups in total. The number of nitrogen functional groups attached to an aromatic ring is 1. The van der Waals surface area contributed by atoms with E-state index >= 15 is 0 Å². The molecule has 16 heavy (non-hydrogen) atoms. The molecule has 0 fully saturated rings. The van der Waals surface area contributed by atoms with E-state index in [9.17, 15) is 9.59 Å². The number of hydrogen-bond acceptors (Lipinski definition) is 3. The average Bonchev–Trinajstić information content (AvgIpc) is 2.22. The maximum absolute atomic E-state index is 12.0. The summed E-state index contributed by atoms with van der Waals surface area (Å²) in [5.41, 5.74) is 12.8. The van der Waals surface area contributed by atoms with Crippen LogP contribution in [0.1, 0.15) is 15.9 Å². The standard InChI is InChI=1S/C11H13N3O2/c12-8-2-1-7-3-4-14(6-10(13)15)11(16)9(7)5-8/h1-2,5H,3-4,6,12H2,(H2,13,15). The number of primary amides is 1. The third kappa shape index (κ3) is 1.84. The number of anilines is 1. The van der Waals surface area contributed by atoms with Gasteiger partial charge >= 0.3 is 0 Å². The molecule has 0 atom stereocenters. The molecule has 0 aromatic heterocycles. The summed E-state index contributed by atoms with van der Waals surface area (Å²) < 4.78 is 0. The Hall–Kier alpha value is -2.04. The smallest absolute Gasteiger partial charge is 0.254 e. The maximum Gasteiger partial charge on any atom is 0.254 e. The summed E-state index contributed by atoms with van der Waals surface area (Å²) in [6.45, 7) is 0.492. The molecule has 5 heteroatoms. The lowest BCUT2D eigenvalue weighted by molar-refractivity contribution is -0.118. The van der Waals surface area contributed by atoms with E-state index in [1.165, 1.54) is 4.90 Å². The molecule has 2 rings (SSSR count). The first kappa shape index (κ1) is 10.5. The highest BCUT2D eigenvalue weighted by molar-refractivity contribution is 5.99. The first-order valence-corrected chi connectivity index (χ1v) is 5.04. The molecule has 1 aliphatic heterocycles. The van der Waals surface area contributed by atoms with E-state index in [4.69, 9.17) is 11.5 Å². The number of benzene rings is 1. The summed E-state index contributed by atoms with van der Waals surface area (Å²) >= 11 is 0. The molecular weight excluding hydrogens is 206 g/mol. The lowest BCUT2D eigenvalue weighted by atomic mass is 9.98. The van der Waals surface area contributed by atoms with Crippen molar-refractivity contribution >= 4 is 17.5 Å². The lowest BCUT2D eigenvalue weighted by Crippen LogP contribution is -2.42. The van der Waals surface area contributed by atoms with Crippen LogP contribution in [0.5, 0.6) is 0 Å². The summed E-state index contributed by atoms with van der Waals surface area (Å²) in [6, 6.07) is 5.27. The van der Waals surface area contributed by atoms with E-state index in [-0.39, 0.29) is 12.5 Å². The Balaban J connectivity index is 2.30. The Kier molecular flexibility index (Phi) is 2.52. The van der Waals surface area contributed by atoms with Crippen LogP contribution in [0.2, 0.25) is 0 Å². The SMILES string of the molecule is NC(=O)CN1CCc2ccc(N)cc2C1=O. The van der Waals surface area contributed by atoms with Gasteiger partial charge in [-0.1, -0.05) is 6.07 Å². The van der Waals surface area contributed by atoms with Gasteiger partial charge in [-0.2, -0.15) is 0 Å². The van der Waals surface area contributed by atoms with Crippen LogP contribution in [-0.2, 0) is 11.2 Å². The van der Waals surface area contributed by atoms with Gasteiger partial charge in [-0.15, -0.1) is 0 Å². The molecular formula is C11H13N3O2. The van der Waals surface area contributed by atoms with Gasteiger partial charge in [-0.25, -0.2) is 0 Å².